The molecule has 0 radical (unpaired) electrons. The Balaban J connectivity index is 1.92. The van der Waals surface area contributed by atoms with Gasteiger partial charge in [0.15, 0.2) is 0 Å². The summed E-state index contributed by atoms with van der Waals surface area (Å²) in [5.41, 5.74) is 0. The summed E-state index contributed by atoms with van der Waals surface area (Å²) in [6.45, 7) is 11.4. The van der Waals surface area contributed by atoms with E-state index in [1.54, 1.807) is 0 Å². The van der Waals surface area contributed by atoms with E-state index in [9.17, 15) is 0 Å². The van der Waals surface area contributed by atoms with Crippen LogP contribution in [0.4, 0.5) is 0 Å². The molecule has 1 aromatic carbocycles. The molecule has 0 fully saturated rings. The van der Waals surface area contributed by atoms with Crippen LogP contribution in [0.1, 0.15) is 26.7 Å². The monoisotopic (exact) mass is 414 g/mol. The van der Waals surface area contributed by atoms with Crippen LogP contribution in [-0.2, 0) is 23.7 Å². The number of hydrogen-bond donors (Lipinski definition) is 0. The average Bonchev–Trinajstić information content (AvgIpc) is 2.75. The summed E-state index contributed by atoms with van der Waals surface area (Å²) in [6, 6.07) is 7.53. The molecule has 1 aromatic rings. The van der Waals surface area contributed by atoms with Crippen molar-refractivity contribution in [2.24, 2.45) is 0 Å². The minimum Gasteiger partial charge on any atom is -0.491 e. The molecule has 0 aromatic heterocycles. The minimum atomic E-state index is 0.494. The van der Waals surface area contributed by atoms with Gasteiger partial charge in [-0.3, -0.25) is 0 Å². The Bertz CT molecular complexity index is 453. The Morgan fingerprint density at radius 3 is 1.00 bits per heavy atom. The standard InChI is InChI=1S/C22H38O7/c1-3-9-23-11-13-25-15-16-27-18-20-29-22-7-5-21(6-8-22)28-19-17-26-14-12-24-10-4-2/h5-8H,3-4,9-20H2,1-2H3. The quantitative estimate of drug-likeness (QED) is 0.286. The molecule has 0 aliphatic rings. The molecular formula is C22H38O7. The Labute approximate surface area is 175 Å². The van der Waals surface area contributed by atoms with Gasteiger partial charge in [-0.25, -0.2) is 0 Å². The van der Waals surface area contributed by atoms with Gasteiger partial charge < -0.3 is 33.2 Å². The molecule has 0 aliphatic carbocycles. The fraction of sp³-hybridized carbons (Fsp3) is 0.727. The fourth-order valence-corrected chi connectivity index (χ4v) is 2.22. The summed E-state index contributed by atoms with van der Waals surface area (Å²) in [6.07, 6.45) is 2.06. The van der Waals surface area contributed by atoms with Crippen LogP contribution in [-0.4, -0.2) is 79.3 Å². The number of benzene rings is 1. The maximum Gasteiger partial charge on any atom is 0.119 e. The van der Waals surface area contributed by atoms with Crippen molar-refractivity contribution in [3.05, 3.63) is 24.3 Å². The van der Waals surface area contributed by atoms with Crippen LogP contribution < -0.4 is 9.47 Å². The SMILES string of the molecule is CCCOCCOCCOCCOc1ccc(OCCOCCOCCC)cc1. The zero-order valence-electron chi connectivity index (χ0n) is 18.1. The third kappa shape index (κ3) is 16.1. The lowest BCUT2D eigenvalue weighted by Gasteiger charge is -2.10. The van der Waals surface area contributed by atoms with Crippen molar-refractivity contribution in [1.29, 1.82) is 0 Å². The number of rotatable bonds is 21. The zero-order valence-corrected chi connectivity index (χ0v) is 18.1. The lowest BCUT2D eigenvalue weighted by molar-refractivity contribution is 0.00945. The zero-order chi connectivity index (χ0) is 20.8. The third-order valence-electron chi connectivity index (χ3n) is 3.63. The van der Waals surface area contributed by atoms with E-state index in [0.717, 1.165) is 37.6 Å². The summed E-state index contributed by atoms with van der Waals surface area (Å²) in [5.74, 6) is 1.58. The van der Waals surface area contributed by atoms with Gasteiger partial charge in [0.05, 0.1) is 52.9 Å². The Morgan fingerprint density at radius 2 is 0.690 bits per heavy atom. The average molecular weight is 415 g/mol. The predicted molar refractivity (Wildman–Crippen MR) is 112 cm³/mol. The highest BCUT2D eigenvalue weighted by Gasteiger charge is 1.98. The van der Waals surface area contributed by atoms with Gasteiger partial charge in [-0.15, -0.1) is 0 Å². The van der Waals surface area contributed by atoms with Gasteiger partial charge in [0, 0.05) is 13.2 Å². The van der Waals surface area contributed by atoms with E-state index in [2.05, 4.69) is 13.8 Å². The minimum absolute atomic E-state index is 0.494. The number of hydrogen-bond acceptors (Lipinski definition) is 7. The molecule has 0 saturated heterocycles. The van der Waals surface area contributed by atoms with Gasteiger partial charge in [0.1, 0.15) is 24.7 Å². The highest BCUT2D eigenvalue weighted by Crippen LogP contribution is 2.17. The van der Waals surface area contributed by atoms with E-state index in [-0.39, 0.29) is 0 Å². The largest absolute Gasteiger partial charge is 0.491 e. The molecule has 168 valence electrons. The second kappa shape index (κ2) is 19.9. The fourth-order valence-electron chi connectivity index (χ4n) is 2.22. The molecule has 0 bridgehead atoms. The Kier molecular flexibility index (Phi) is 17.6. The molecule has 7 nitrogen and oxygen atoms in total. The molecule has 0 spiro atoms. The summed E-state index contributed by atoms with van der Waals surface area (Å²) in [4.78, 5) is 0. The molecule has 0 amide bonds. The van der Waals surface area contributed by atoms with Crippen LogP contribution in [0.5, 0.6) is 11.5 Å². The summed E-state index contributed by atoms with van der Waals surface area (Å²) in [7, 11) is 0. The van der Waals surface area contributed by atoms with Gasteiger partial charge in [0.25, 0.3) is 0 Å². The van der Waals surface area contributed by atoms with Crippen LogP contribution in [0.25, 0.3) is 0 Å². The van der Waals surface area contributed by atoms with E-state index in [0.29, 0.717) is 66.1 Å². The molecule has 0 atom stereocenters. The lowest BCUT2D eigenvalue weighted by atomic mass is 10.3. The second-order valence-corrected chi connectivity index (χ2v) is 6.23. The first-order valence-electron chi connectivity index (χ1n) is 10.6. The van der Waals surface area contributed by atoms with Crippen molar-refractivity contribution in [2.75, 3.05) is 79.3 Å². The molecule has 0 unspecified atom stereocenters. The van der Waals surface area contributed by atoms with Crippen LogP contribution in [0.15, 0.2) is 24.3 Å². The van der Waals surface area contributed by atoms with E-state index >= 15 is 0 Å². The molecule has 29 heavy (non-hydrogen) atoms. The van der Waals surface area contributed by atoms with Crippen LogP contribution >= 0.6 is 0 Å². The van der Waals surface area contributed by atoms with Crippen molar-refractivity contribution < 1.29 is 33.2 Å². The molecule has 1 rings (SSSR count). The van der Waals surface area contributed by atoms with Crippen LogP contribution in [0, 0.1) is 0 Å². The lowest BCUT2D eigenvalue weighted by Crippen LogP contribution is -2.13. The van der Waals surface area contributed by atoms with Crippen molar-refractivity contribution in [3.63, 3.8) is 0 Å². The first kappa shape index (κ1) is 25.7. The van der Waals surface area contributed by atoms with Crippen LogP contribution in [0.3, 0.4) is 0 Å². The van der Waals surface area contributed by atoms with Gasteiger partial charge >= 0.3 is 0 Å². The highest BCUT2D eigenvalue weighted by molar-refractivity contribution is 5.31. The molecule has 7 heteroatoms. The first-order chi connectivity index (χ1) is 14.4. The summed E-state index contributed by atoms with van der Waals surface area (Å²) < 4.78 is 38.3. The number of ether oxygens (including phenoxy) is 7. The molecule has 0 aliphatic heterocycles. The predicted octanol–water partition coefficient (Wildman–Crippen LogP) is 3.35. The van der Waals surface area contributed by atoms with E-state index in [1.165, 1.54) is 0 Å². The van der Waals surface area contributed by atoms with Gasteiger partial charge in [0.2, 0.25) is 0 Å². The molecule has 0 saturated carbocycles. The summed E-state index contributed by atoms with van der Waals surface area (Å²) in [5, 5.41) is 0. The van der Waals surface area contributed by atoms with Crippen molar-refractivity contribution in [3.8, 4) is 11.5 Å². The van der Waals surface area contributed by atoms with Crippen molar-refractivity contribution >= 4 is 0 Å². The maximum absolute atomic E-state index is 5.64. The van der Waals surface area contributed by atoms with E-state index in [1.807, 2.05) is 24.3 Å². The van der Waals surface area contributed by atoms with Crippen molar-refractivity contribution in [2.45, 2.75) is 26.7 Å². The third-order valence-corrected chi connectivity index (χ3v) is 3.63. The van der Waals surface area contributed by atoms with E-state index < -0.39 is 0 Å². The summed E-state index contributed by atoms with van der Waals surface area (Å²) >= 11 is 0. The van der Waals surface area contributed by atoms with E-state index in [4.69, 9.17) is 33.2 Å². The second-order valence-electron chi connectivity index (χ2n) is 6.23. The Morgan fingerprint density at radius 1 is 0.414 bits per heavy atom. The first-order valence-corrected chi connectivity index (χ1v) is 10.6. The van der Waals surface area contributed by atoms with Crippen molar-refractivity contribution in [1.82, 2.24) is 0 Å². The topological polar surface area (TPSA) is 64.6 Å². The Hall–Kier alpha value is -1.38. The van der Waals surface area contributed by atoms with Crippen LogP contribution in [0.2, 0.25) is 0 Å². The molecule has 0 heterocycles. The molecular weight excluding hydrogens is 376 g/mol. The molecule has 0 N–H and O–H groups in total. The maximum atomic E-state index is 5.64. The van der Waals surface area contributed by atoms with Gasteiger partial charge in [-0.2, -0.15) is 0 Å². The highest BCUT2D eigenvalue weighted by atomic mass is 16.6. The van der Waals surface area contributed by atoms with Gasteiger partial charge in [-0.1, -0.05) is 13.8 Å². The smallest absolute Gasteiger partial charge is 0.119 e. The van der Waals surface area contributed by atoms with Gasteiger partial charge in [-0.05, 0) is 37.1 Å². The normalized spacial score (nSPS) is 11.0.